The summed E-state index contributed by atoms with van der Waals surface area (Å²) in [4.78, 5) is 21.9. The summed E-state index contributed by atoms with van der Waals surface area (Å²) in [6.07, 6.45) is 0.496. The Morgan fingerprint density at radius 1 is 1.52 bits per heavy atom. The monoisotopic (exact) mass is 289 g/mol. The number of aryl methyl sites for hydroxylation is 1. The first-order valence-electron chi connectivity index (χ1n) is 6.24. The standard InChI is InChI=1S/C14H15N3O4/c1-21-10-4-2-3-9(7-10)13-11(8-18)14(15)17(16-13)6-5-12(19)20/h2-4,7-8H,5-6,15H2,1H3,(H,19,20). The molecule has 0 amide bonds. The number of aromatic nitrogens is 2. The maximum Gasteiger partial charge on any atom is 0.305 e. The number of hydrogen-bond acceptors (Lipinski definition) is 5. The number of anilines is 1. The third-order valence-electron chi connectivity index (χ3n) is 3.03. The van der Waals surface area contributed by atoms with Gasteiger partial charge in [-0.1, -0.05) is 12.1 Å². The van der Waals surface area contributed by atoms with Gasteiger partial charge in [0.2, 0.25) is 0 Å². The van der Waals surface area contributed by atoms with E-state index in [1.54, 1.807) is 31.4 Å². The molecule has 0 aliphatic rings. The summed E-state index contributed by atoms with van der Waals surface area (Å²) in [5.41, 5.74) is 7.18. The number of rotatable bonds is 6. The van der Waals surface area contributed by atoms with E-state index in [0.717, 1.165) is 0 Å². The van der Waals surface area contributed by atoms with Crippen LogP contribution in [0.25, 0.3) is 11.3 Å². The number of benzene rings is 1. The zero-order valence-corrected chi connectivity index (χ0v) is 11.4. The van der Waals surface area contributed by atoms with Crippen LogP contribution in [0.15, 0.2) is 24.3 Å². The Morgan fingerprint density at radius 2 is 2.29 bits per heavy atom. The van der Waals surface area contributed by atoms with E-state index in [2.05, 4.69) is 5.10 Å². The van der Waals surface area contributed by atoms with Gasteiger partial charge < -0.3 is 15.6 Å². The lowest BCUT2D eigenvalue weighted by molar-refractivity contribution is -0.137. The average Bonchev–Trinajstić information content (AvgIpc) is 2.81. The van der Waals surface area contributed by atoms with Gasteiger partial charge in [0.25, 0.3) is 0 Å². The van der Waals surface area contributed by atoms with Crippen molar-refractivity contribution >= 4 is 18.1 Å². The molecule has 7 nitrogen and oxygen atoms in total. The average molecular weight is 289 g/mol. The van der Waals surface area contributed by atoms with Crippen LogP contribution in [0.2, 0.25) is 0 Å². The van der Waals surface area contributed by atoms with Crippen LogP contribution in [0, 0.1) is 0 Å². The van der Waals surface area contributed by atoms with Crippen molar-refractivity contribution in [3.8, 4) is 17.0 Å². The first-order chi connectivity index (χ1) is 10.1. The van der Waals surface area contributed by atoms with Crippen LogP contribution >= 0.6 is 0 Å². The number of aldehydes is 1. The summed E-state index contributed by atoms with van der Waals surface area (Å²) in [6.45, 7) is 0.103. The molecule has 0 saturated heterocycles. The molecule has 0 aliphatic carbocycles. The summed E-state index contributed by atoms with van der Waals surface area (Å²) < 4.78 is 6.46. The van der Waals surface area contributed by atoms with E-state index in [0.29, 0.717) is 23.3 Å². The fraction of sp³-hybridized carbons (Fsp3) is 0.214. The number of nitrogens with two attached hydrogens (primary N) is 1. The Hall–Kier alpha value is -2.83. The Balaban J connectivity index is 2.45. The number of carboxylic acid groups (broad SMARTS) is 1. The quantitative estimate of drug-likeness (QED) is 0.779. The minimum absolute atomic E-state index is 0.103. The van der Waals surface area contributed by atoms with Crippen molar-refractivity contribution in [3.63, 3.8) is 0 Å². The lowest BCUT2D eigenvalue weighted by Gasteiger charge is -2.02. The molecule has 0 radical (unpaired) electrons. The van der Waals surface area contributed by atoms with Crippen LogP contribution in [0.3, 0.4) is 0 Å². The number of carboxylic acids is 1. The van der Waals surface area contributed by atoms with Gasteiger partial charge in [-0.3, -0.25) is 9.59 Å². The van der Waals surface area contributed by atoms with E-state index < -0.39 is 5.97 Å². The summed E-state index contributed by atoms with van der Waals surface area (Å²) in [5.74, 6) is -0.174. The molecule has 7 heteroatoms. The zero-order chi connectivity index (χ0) is 15.4. The molecule has 0 spiro atoms. The first-order valence-corrected chi connectivity index (χ1v) is 6.24. The van der Waals surface area contributed by atoms with Gasteiger partial charge >= 0.3 is 5.97 Å². The molecule has 0 bridgehead atoms. The molecule has 1 aromatic carbocycles. The Labute approximate surface area is 120 Å². The molecule has 21 heavy (non-hydrogen) atoms. The minimum Gasteiger partial charge on any atom is -0.497 e. The molecule has 3 N–H and O–H groups in total. The molecule has 0 atom stereocenters. The molecule has 1 heterocycles. The molecular weight excluding hydrogens is 274 g/mol. The molecule has 0 aliphatic heterocycles. The third kappa shape index (κ3) is 3.02. The number of ether oxygens (including phenoxy) is 1. The number of hydrogen-bond donors (Lipinski definition) is 2. The van der Waals surface area contributed by atoms with Crippen molar-refractivity contribution < 1.29 is 19.4 Å². The van der Waals surface area contributed by atoms with E-state index in [9.17, 15) is 9.59 Å². The predicted octanol–water partition coefficient (Wildman–Crippen LogP) is 1.43. The number of aliphatic carboxylic acids is 1. The zero-order valence-electron chi connectivity index (χ0n) is 11.4. The highest BCUT2D eigenvalue weighted by molar-refractivity contribution is 5.91. The van der Waals surface area contributed by atoms with Gasteiger partial charge in [-0.15, -0.1) is 0 Å². The van der Waals surface area contributed by atoms with Gasteiger partial charge in [-0.05, 0) is 12.1 Å². The van der Waals surface area contributed by atoms with E-state index in [1.165, 1.54) is 4.68 Å². The van der Waals surface area contributed by atoms with Crippen LogP contribution in [0.4, 0.5) is 5.82 Å². The van der Waals surface area contributed by atoms with E-state index >= 15 is 0 Å². The Morgan fingerprint density at radius 3 is 2.90 bits per heavy atom. The summed E-state index contributed by atoms with van der Waals surface area (Å²) in [6, 6.07) is 7.05. The molecule has 2 rings (SSSR count). The van der Waals surface area contributed by atoms with Gasteiger partial charge in [0.1, 0.15) is 17.3 Å². The molecule has 0 saturated carbocycles. The molecular formula is C14H15N3O4. The highest BCUT2D eigenvalue weighted by Crippen LogP contribution is 2.28. The second kappa shape index (κ2) is 6.08. The van der Waals surface area contributed by atoms with Crippen molar-refractivity contribution in [1.29, 1.82) is 0 Å². The van der Waals surface area contributed by atoms with Crippen molar-refractivity contribution in [2.45, 2.75) is 13.0 Å². The topological polar surface area (TPSA) is 107 Å². The highest BCUT2D eigenvalue weighted by Gasteiger charge is 2.17. The first kappa shape index (κ1) is 14.6. The minimum atomic E-state index is -0.958. The maximum atomic E-state index is 11.2. The SMILES string of the molecule is COc1cccc(-c2nn(CCC(=O)O)c(N)c2C=O)c1. The van der Waals surface area contributed by atoms with Crippen LogP contribution in [0.5, 0.6) is 5.75 Å². The fourth-order valence-corrected chi connectivity index (χ4v) is 1.96. The van der Waals surface area contributed by atoms with Crippen molar-refractivity contribution in [1.82, 2.24) is 9.78 Å². The van der Waals surface area contributed by atoms with Crippen LogP contribution in [0.1, 0.15) is 16.8 Å². The molecule has 0 unspecified atom stereocenters. The number of methoxy groups -OCH3 is 1. The van der Waals surface area contributed by atoms with Crippen molar-refractivity contribution in [2.24, 2.45) is 0 Å². The maximum absolute atomic E-state index is 11.2. The lowest BCUT2D eigenvalue weighted by atomic mass is 10.1. The number of carbonyl (C=O) groups is 2. The highest BCUT2D eigenvalue weighted by atomic mass is 16.5. The largest absolute Gasteiger partial charge is 0.497 e. The second-order valence-corrected chi connectivity index (χ2v) is 4.36. The molecule has 1 aromatic heterocycles. The van der Waals surface area contributed by atoms with Crippen molar-refractivity contribution in [2.75, 3.05) is 12.8 Å². The molecule has 0 fully saturated rings. The smallest absolute Gasteiger partial charge is 0.305 e. The summed E-state index contributed by atoms with van der Waals surface area (Å²) in [5, 5.41) is 13.0. The summed E-state index contributed by atoms with van der Waals surface area (Å²) in [7, 11) is 1.54. The van der Waals surface area contributed by atoms with E-state index in [-0.39, 0.29) is 24.3 Å². The van der Waals surface area contributed by atoms with Crippen molar-refractivity contribution in [3.05, 3.63) is 29.8 Å². The summed E-state index contributed by atoms with van der Waals surface area (Å²) >= 11 is 0. The fourth-order valence-electron chi connectivity index (χ4n) is 1.96. The number of carbonyl (C=O) groups excluding carboxylic acids is 1. The van der Waals surface area contributed by atoms with Crippen LogP contribution < -0.4 is 10.5 Å². The van der Waals surface area contributed by atoms with Gasteiger partial charge in [0.15, 0.2) is 6.29 Å². The lowest BCUT2D eigenvalue weighted by Crippen LogP contribution is -2.09. The van der Waals surface area contributed by atoms with Gasteiger partial charge in [-0.2, -0.15) is 5.10 Å². The van der Waals surface area contributed by atoms with E-state index in [4.69, 9.17) is 15.6 Å². The van der Waals surface area contributed by atoms with Gasteiger partial charge in [0.05, 0.1) is 25.6 Å². The molecule has 2 aromatic rings. The van der Waals surface area contributed by atoms with Gasteiger partial charge in [0, 0.05) is 5.56 Å². The van der Waals surface area contributed by atoms with Crippen LogP contribution in [-0.4, -0.2) is 34.3 Å². The molecule has 110 valence electrons. The normalized spacial score (nSPS) is 10.3. The predicted molar refractivity (Wildman–Crippen MR) is 76.3 cm³/mol. The Kier molecular flexibility index (Phi) is 4.22. The number of nitrogens with zero attached hydrogens (tertiary/aromatic N) is 2. The van der Waals surface area contributed by atoms with E-state index in [1.807, 2.05) is 0 Å². The second-order valence-electron chi connectivity index (χ2n) is 4.36. The number of nitrogen functional groups attached to an aromatic ring is 1. The van der Waals surface area contributed by atoms with Crippen LogP contribution in [-0.2, 0) is 11.3 Å². The third-order valence-corrected chi connectivity index (χ3v) is 3.03. The van der Waals surface area contributed by atoms with Gasteiger partial charge in [-0.25, -0.2) is 4.68 Å². The Bertz CT molecular complexity index is 679.